The molecule has 0 radical (unpaired) electrons. The lowest BCUT2D eigenvalue weighted by Crippen LogP contribution is -2.36. The maximum absolute atomic E-state index is 11.0. The van der Waals surface area contributed by atoms with Gasteiger partial charge < -0.3 is 9.63 Å². The summed E-state index contributed by atoms with van der Waals surface area (Å²) in [4.78, 5) is 15.3. The number of hydrogen-bond acceptors (Lipinski definition) is 5. The molecule has 2 rings (SSSR count). The molecule has 1 aromatic heterocycles. The molecule has 8 heteroatoms. The third kappa shape index (κ3) is 4.98. The first-order valence-corrected chi connectivity index (χ1v) is 7.02. The number of hydrogen-bond donors (Lipinski definition) is 2. The molecule has 0 bridgehead atoms. The largest absolute Gasteiger partial charge is 0.480 e. The highest BCUT2D eigenvalue weighted by molar-refractivity contribution is 6.30. The molecule has 6 nitrogen and oxygen atoms in total. The first-order chi connectivity index (χ1) is 10.1. The van der Waals surface area contributed by atoms with Gasteiger partial charge in [0.15, 0.2) is 0 Å². The highest BCUT2D eigenvalue weighted by Gasteiger charge is 2.17. The average molecular weight is 346 g/mol. The number of carboxylic acids is 1. The molecule has 0 fully saturated rings. The van der Waals surface area contributed by atoms with Crippen LogP contribution in [-0.2, 0) is 11.3 Å². The first-order valence-electron chi connectivity index (χ1n) is 6.65. The summed E-state index contributed by atoms with van der Waals surface area (Å²) in [6.07, 6.45) is 1.33. The number of carboxylic acid groups (broad SMARTS) is 1. The van der Waals surface area contributed by atoms with E-state index in [-0.39, 0.29) is 19.0 Å². The van der Waals surface area contributed by atoms with E-state index in [9.17, 15) is 4.79 Å². The van der Waals surface area contributed by atoms with Crippen molar-refractivity contribution in [3.8, 4) is 11.4 Å². The van der Waals surface area contributed by atoms with Gasteiger partial charge in [-0.1, -0.05) is 30.1 Å². The zero-order chi connectivity index (χ0) is 15.2. The lowest BCUT2D eigenvalue weighted by Gasteiger charge is -2.11. The minimum atomic E-state index is -0.880. The van der Waals surface area contributed by atoms with E-state index < -0.39 is 12.0 Å². The highest BCUT2D eigenvalue weighted by Crippen LogP contribution is 2.18. The van der Waals surface area contributed by atoms with Crippen molar-refractivity contribution in [2.75, 3.05) is 0 Å². The zero-order valence-electron chi connectivity index (χ0n) is 12.0. The van der Waals surface area contributed by atoms with Crippen LogP contribution < -0.4 is 5.32 Å². The Morgan fingerprint density at radius 3 is 2.68 bits per heavy atom. The van der Waals surface area contributed by atoms with Crippen LogP contribution in [0.25, 0.3) is 11.4 Å². The van der Waals surface area contributed by atoms with E-state index in [2.05, 4.69) is 15.5 Å². The van der Waals surface area contributed by atoms with Crippen molar-refractivity contribution < 1.29 is 14.4 Å². The predicted molar refractivity (Wildman–Crippen MR) is 85.2 cm³/mol. The van der Waals surface area contributed by atoms with Gasteiger partial charge >= 0.3 is 5.97 Å². The van der Waals surface area contributed by atoms with Gasteiger partial charge in [-0.25, -0.2) is 0 Å². The van der Waals surface area contributed by atoms with Gasteiger partial charge in [0.05, 0.1) is 6.54 Å². The Kier molecular flexibility index (Phi) is 7.31. The van der Waals surface area contributed by atoms with E-state index in [1.165, 1.54) is 0 Å². The number of halogens is 2. The number of carbonyl (C=O) groups is 1. The van der Waals surface area contributed by atoms with Crippen LogP contribution in [0.3, 0.4) is 0 Å². The van der Waals surface area contributed by atoms with Gasteiger partial charge in [-0.05, 0) is 30.7 Å². The van der Waals surface area contributed by atoms with Crippen LogP contribution in [0.15, 0.2) is 28.8 Å². The summed E-state index contributed by atoms with van der Waals surface area (Å²) in [5.74, 6) is -0.0811. The summed E-state index contributed by atoms with van der Waals surface area (Å²) >= 11 is 5.82. The summed E-state index contributed by atoms with van der Waals surface area (Å²) in [7, 11) is 0. The molecular weight excluding hydrogens is 329 g/mol. The molecule has 0 amide bonds. The minimum absolute atomic E-state index is 0. The second-order valence-corrected chi connectivity index (χ2v) is 5.02. The summed E-state index contributed by atoms with van der Waals surface area (Å²) < 4.78 is 5.11. The molecule has 1 heterocycles. The predicted octanol–water partition coefficient (Wildman–Crippen LogP) is 3.15. The van der Waals surface area contributed by atoms with Crippen LogP contribution in [0, 0.1) is 0 Å². The lowest BCUT2D eigenvalue weighted by molar-refractivity contribution is -0.139. The fourth-order valence-corrected chi connectivity index (χ4v) is 1.98. The molecule has 1 unspecified atom stereocenters. The Morgan fingerprint density at radius 2 is 2.09 bits per heavy atom. The molecule has 0 aliphatic carbocycles. The fraction of sp³-hybridized carbons (Fsp3) is 0.357. The fourth-order valence-electron chi connectivity index (χ4n) is 1.85. The molecule has 1 aromatic carbocycles. The molecule has 22 heavy (non-hydrogen) atoms. The molecule has 0 saturated heterocycles. The van der Waals surface area contributed by atoms with Crippen LogP contribution in [0.4, 0.5) is 0 Å². The number of rotatable bonds is 7. The smallest absolute Gasteiger partial charge is 0.320 e. The van der Waals surface area contributed by atoms with E-state index >= 15 is 0 Å². The van der Waals surface area contributed by atoms with Gasteiger partial charge in [-0.15, -0.1) is 12.4 Å². The summed E-state index contributed by atoms with van der Waals surface area (Å²) in [6.45, 7) is 2.15. The summed E-state index contributed by atoms with van der Waals surface area (Å²) in [5.41, 5.74) is 0.790. The number of nitrogens with zero attached hydrogens (tertiary/aromatic N) is 2. The monoisotopic (exact) mass is 345 g/mol. The quantitative estimate of drug-likeness (QED) is 0.801. The van der Waals surface area contributed by atoms with E-state index in [1.54, 1.807) is 24.3 Å². The van der Waals surface area contributed by atoms with Crippen LogP contribution in [0.5, 0.6) is 0 Å². The van der Waals surface area contributed by atoms with Gasteiger partial charge in [0.25, 0.3) is 0 Å². The number of aromatic nitrogens is 2. The van der Waals surface area contributed by atoms with Crippen molar-refractivity contribution in [1.82, 2.24) is 15.5 Å². The molecule has 2 aromatic rings. The van der Waals surface area contributed by atoms with Crippen molar-refractivity contribution in [2.45, 2.75) is 32.4 Å². The normalized spacial score (nSPS) is 11.7. The lowest BCUT2D eigenvalue weighted by atomic mass is 10.2. The Morgan fingerprint density at radius 1 is 1.41 bits per heavy atom. The van der Waals surface area contributed by atoms with Crippen LogP contribution in [0.2, 0.25) is 5.02 Å². The van der Waals surface area contributed by atoms with E-state index in [1.807, 2.05) is 6.92 Å². The molecule has 0 aliphatic heterocycles. The number of benzene rings is 1. The molecule has 0 spiro atoms. The minimum Gasteiger partial charge on any atom is -0.480 e. The molecule has 2 N–H and O–H groups in total. The molecule has 120 valence electrons. The Labute approximate surface area is 139 Å². The maximum atomic E-state index is 11.0. The second kappa shape index (κ2) is 8.73. The van der Waals surface area contributed by atoms with Crippen molar-refractivity contribution in [2.24, 2.45) is 0 Å². The summed E-state index contributed by atoms with van der Waals surface area (Å²) in [6, 6.07) is 6.46. The van der Waals surface area contributed by atoms with Crippen molar-refractivity contribution in [1.29, 1.82) is 0 Å². The zero-order valence-corrected chi connectivity index (χ0v) is 13.5. The van der Waals surface area contributed by atoms with Crippen molar-refractivity contribution >= 4 is 30.0 Å². The third-order valence-corrected chi connectivity index (χ3v) is 3.20. The summed E-state index contributed by atoms with van der Waals surface area (Å²) in [5, 5.41) is 16.4. The van der Waals surface area contributed by atoms with Gasteiger partial charge in [0.2, 0.25) is 11.7 Å². The highest BCUT2D eigenvalue weighted by atomic mass is 35.5. The topological polar surface area (TPSA) is 88.3 Å². The van der Waals surface area contributed by atoms with Crippen molar-refractivity contribution in [3.63, 3.8) is 0 Å². The van der Waals surface area contributed by atoms with Gasteiger partial charge in [0.1, 0.15) is 6.04 Å². The molecule has 0 saturated carbocycles. The molecule has 0 aliphatic rings. The number of nitrogens with one attached hydrogen (secondary N) is 1. The van der Waals surface area contributed by atoms with E-state index in [0.717, 1.165) is 12.0 Å². The second-order valence-electron chi connectivity index (χ2n) is 4.58. The average Bonchev–Trinajstić information content (AvgIpc) is 2.92. The molecule has 1 atom stereocenters. The third-order valence-electron chi connectivity index (χ3n) is 2.95. The Bertz CT molecular complexity index is 602. The Hall–Kier alpha value is -1.63. The van der Waals surface area contributed by atoms with Crippen LogP contribution in [-0.4, -0.2) is 27.3 Å². The Balaban J connectivity index is 0.00000242. The van der Waals surface area contributed by atoms with Gasteiger partial charge in [-0.3, -0.25) is 10.1 Å². The standard InChI is InChI=1S/C14H16ClN3O3.ClH/c1-2-3-11(14(19)20)16-8-12-17-13(18-21-12)9-4-6-10(15)7-5-9;/h4-7,11,16H,2-3,8H2,1H3,(H,19,20);1H. The molecular formula is C14H17Cl2N3O3. The first kappa shape index (κ1) is 18.4. The number of aliphatic carboxylic acids is 1. The van der Waals surface area contributed by atoms with Crippen LogP contribution >= 0.6 is 24.0 Å². The van der Waals surface area contributed by atoms with Crippen molar-refractivity contribution in [3.05, 3.63) is 35.2 Å². The van der Waals surface area contributed by atoms with E-state index in [4.69, 9.17) is 21.2 Å². The SMILES string of the molecule is CCCC(NCc1nc(-c2ccc(Cl)cc2)no1)C(=O)O.Cl. The van der Waals surface area contributed by atoms with Crippen LogP contribution in [0.1, 0.15) is 25.7 Å². The van der Waals surface area contributed by atoms with E-state index in [0.29, 0.717) is 23.2 Å². The maximum Gasteiger partial charge on any atom is 0.320 e. The van der Waals surface area contributed by atoms with Gasteiger partial charge in [0, 0.05) is 10.6 Å². The van der Waals surface area contributed by atoms with Gasteiger partial charge in [-0.2, -0.15) is 4.98 Å².